The Balaban J connectivity index is 1.75. The van der Waals surface area contributed by atoms with E-state index in [2.05, 4.69) is 21.4 Å². The zero-order chi connectivity index (χ0) is 19.0. The molecule has 1 aliphatic heterocycles. The van der Waals surface area contributed by atoms with E-state index in [0.717, 1.165) is 10.0 Å². The quantitative estimate of drug-likeness (QED) is 0.590. The number of sulfonamides is 1. The third-order valence-corrected chi connectivity index (χ3v) is 6.65. The number of nitrogens with zero attached hydrogens (tertiary/aromatic N) is 1. The molecule has 4 rings (SSSR count). The third-order valence-electron chi connectivity index (χ3n) is 4.17. The van der Waals surface area contributed by atoms with Crippen LogP contribution in [-0.4, -0.2) is 12.8 Å². The Morgan fingerprint density at radius 3 is 2.37 bits per heavy atom. The molecular formula is C19H14BrClN2O3S. The summed E-state index contributed by atoms with van der Waals surface area (Å²) < 4.78 is 34.1. The second kappa shape index (κ2) is 7.16. The van der Waals surface area contributed by atoms with E-state index in [1.807, 2.05) is 30.3 Å². The molecular weight excluding hydrogens is 452 g/mol. The first-order valence-electron chi connectivity index (χ1n) is 8.03. The van der Waals surface area contributed by atoms with Crippen LogP contribution < -0.4 is 5.43 Å². The molecule has 2 aromatic carbocycles. The lowest BCUT2D eigenvalue weighted by atomic mass is 10.1. The molecule has 1 atom stereocenters. The minimum atomic E-state index is -3.84. The highest BCUT2D eigenvalue weighted by Gasteiger charge is 2.38. The molecule has 0 saturated carbocycles. The fourth-order valence-corrected chi connectivity index (χ4v) is 4.61. The smallest absolute Gasteiger partial charge is 0.260 e. The van der Waals surface area contributed by atoms with E-state index in [1.54, 1.807) is 24.3 Å². The molecule has 0 aliphatic carbocycles. The van der Waals surface area contributed by atoms with Crippen molar-refractivity contribution in [1.82, 2.24) is 9.84 Å². The van der Waals surface area contributed by atoms with E-state index in [1.165, 1.54) is 22.8 Å². The van der Waals surface area contributed by atoms with Crippen molar-refractivity contribution in [2.45, 2.75) is 10.9 Å². The monoisotopic (exact) mass is 464 g/mol. The fourth-order valence-electron chi connectivity index (χ4n) is 2.83. The maximum absolute atomic E-state index is 13.2. The minimum absolute atomic E-state index is 0.140. The lowest BCUT2D eigenvalue weighted by Gasteiger charge is -2.23. The molecule has 2 heterocycles. The van der Waals surface area contributed by atoms with Gasteiger partial charge in [-0.25, -0.2) is 8.42 Å². The van der Waals surface area contributed by atoms with Gasteiger partial charge >= 0.3 is 0 Å². The Morgan fingerprint density at radius 1 is 1.04 bits per heavy atom. The van der Waals surface area contributed by atoms with Gasteiger partial charge in [-0.15, -0.1) is 0 Å². The van der Waals surface area contributed by atoms with Crippen LogP contribution in [0.2, 0.25) is 5.02 Å². The van der Waals surface area contributed by atoms with Crippen LogP contribution in [0.5, 0.6) is 0 Å². The van der Waals surface area contributed by atoms with Crippen molar-refractivity contribution in [3.8, 4) is 0 Å². The molecule has 1 aromatic heterocycles. The first-order chi connectivity index (χ1) is 12.9. The molecule has 0 unspecified atom stereocenters. The predicted octanol–water partition coefficient (Wildman–Crippen LogP) is 4.99. The largest absolute Gasteiger partial charge is 0.467 e. The minimum Gasteiger partial charge on any atom is -0.467 e. The zero-order valence-corrected chi connectivity index (χ0v) is 17.0. The van der Waals surface area contributed by atoms with E-state index in [9.17, 15) is 8.42 Å². The topological polar surface area (TPSA) is 62.6 Å². The van der Waals surface area contributed by atoms with Gasteiger partial charge in [0.2, 0.25) is 0 Å². The molecule has 1 aliphatic rings. The van der Waals surface area contributed by atoms with Gasteiger partial charge in [-0.1, -0.05) is 44.1 Å². The van der Waals surface area contributed by atoms with Crippen molar-refractivity contribution >= 4 is 43.3 Å². The predicted molar refractivity (Wildman–Crippen MR) is 107 cm³/mol. The highest BCUT2D eigenvalue weighted by molar-refractivity contribution is 9.10. The van der Waals surface area contributed by atoms with Gasteiger partial charge in [0.25, 0.3) is 10.0 Å². The Bertz CT molecular complexity index is 1080. The van der Waals surface area contributed by atoms with Gasteiger partial charge in [-0.05, 0) is 60.2 Å². The maximum atomic E-state index is 13.2. The highest BCUT2D eigenvalue weighted by Crippen LogP contribution is 2.36. The molecule has 1 N–H and O–H groups in total. The van der Waals surface area contributed by atoms with Crippen LogP contribution in [0.25, 0.3) is 5.70 Å². The molecule has 0 amide bonds. The van der Waals surface area contributed by atoms with Crippen LogP contribution in [0.4, 0.5) is 0 Å². The summed E-state index contributed by atoms with van der Waals surface area (Å²) in [4.78, 5) is 0.140. The van der Waals surface area contributed by atoms with Crippen molar-refractivity contribution in [3.05, 3.63) is 93.8 Å². The van der Waals surface area contributed by atoms with E-state index in [0.29, 0.717) is 16.5 Å². The van der Waals surface area contributed by atoms with Crippen LogP contribution in [0.1, 0.15) is 17.4 Å². The highest BCUT2D eigenvalue weighted by atomic mass is 79.9. The van der Waals surface area contributed by atoms with Crippen molar-refractivity contribution in [2.24, 2.45) is 0 Å². The standard InChI is InChI=1S/C19H14BrClN2O3S/c20-14-5-3-13(4-6-14)17-12-18(19-2-1-11-26-19)23(22-17)27(24,25)16-9-7-15(21)8-10-16/h1-12,18,22H/t18-/m1/s1. The molecule has 27 heavy (non-hydrogen) atoms. The normalized spacial score (nSPS) is 17.6. The Hall–Kier alpha value is -2.06. The van der Waals surface area contributed by atoms with Crippen molar-refractivity contribution in [1.29, 1.82) is 0 Å². The molecule has 0 bridgehead atoms. The summed E-state index contributed by atoms with van der Waals surface area (Å²) in [6.07, 6.45) is 3.35. The summed E-state index contributed by atoms with van der Waals surface area (Å²) in [5.41, 5.74) is 4.56. The number of benzene rings is 2. The number of rotatable bonds is 4. The van der Waals surface area contributed by atoms with Crippen LogP contribution in [0.3, 0.4) is 0 Å². The second-order valence-electron chi connectivity index (χ2n) is 5.91. The Morgan fingerprint density at radius 2 is 1.74 bits per heavy atom. The van der Waals surface area contributed by atoms with E-state index in [-0.39, 0.29) is 4.90 Å². The van der Waals surface area contributed by atoms with Crippen LogP contribution in [-0.2, 0) is 10.0 Å². The maximum Gasteiger partial charge on any atom is 0.260 e. The summed E-state index contributed by atoms with van der Waals surface area (Å²) in [6, 6.07) is 16.5. The van der Waals surface area contributed by atoms with E-state index in [4.69, 9.17) is 16.0 Å². The van der Waals surface area contributed by atoms with E-state index >= 15 is 0 Å². The lowest BCUT2D eigenvalue weighted by molar-refractivity contribution is 0.310. The third kappa shape index (κ3) is 3.55. The summed E-state index contributed by atoms with van der Waals surface area (Å²) in [6.45, 7) is 0. The first kappa shape index (κ1) is 18.3. The molecule has 0 radical (unpaired) electrons. The van der Waals surface area contributed by atoms with Gasteiger partial charge in [0.1, 0.15) is 11.8 Å². The van der Waals surface area contributed by atoms with Crippen LogP contribution >= 0.6 is 27.5 Å². The van der Waals surface area contributed by atoms with E-state index < -0.39 is 16.1 Å². The first-order valence-corrected chi connectivity index (χ1v) is 10.6. The molecule has 0 spiro atoms. The van der Waals surface area contributed by atoms with Gasteiger partial charge < -0.3 is 9.84 Å². The van der Waals surface area contributed by atoms with Gasteiger partial charge in [0, 0.05) is 9.50 Å². The number of hydrazine groups is 1. The average Bonchev–Trinajstić information content (AvgIpc) is 3.32. The lowest BCUT2D eigenvalue weighted by Crippen LogP contribution is -2.39. The van der Waals surface area contributed by atoms with Crippen molar-refractivity contribution in [2.75, 3.05) is 0 Å². The van der Waals surface area contributed by atoms with Gasteiger partial charge in [-0.3, -0.25) is 0 Å². The number of halogens is 2. The summed E-state index contributed by atoms with van der Waals surface area (Å²) >= 11 is 9.30. The number of hydrogen-bond acceptors (Lipinski definition) is 4. The fraction of sp³-hybridized carbons (Fsp3) is 0.0526. The Labute approximate surface area is 170 Å². The molecule has 3 aromatic rings. The molecule has 5 nitrogen and oxygen atoms in total. The van der Waals surface area contributed by atoms with Crippen LogP contribution in [0.15, 0.2) is 86.8 Å². The number of nitrogens with one attached hydrogen (secondary N) is 1. The summed E-state index contributed by atoms with van der Waals surface area (Å²) in [5, 5.41) is 0.472. The molecule has 8 heteroatoms. The number of furan rings is 1. The zero-order valence-electron chi connectivity index (χ0n) is 13.8. The van der Waals surface area contributed by atoms with Crippen molar-refractivity contribution in [3.63, 3.8) is 0 Å². The second-order valence-corrected chi connectivity index (χ2v) is 9.08. The molecule has 0 fully saturated rings. The summed E-state index contributed by atoms with van der Waals surface area (Å²) in [5.74, 6) is 0.521. The summed E-state index contributed by atoms with van der Waals surface area (Å²) in [7, 11) is -3.84. The van der Waals surface area contributed by atoms with Gasteiger partial charge in [0.15, 0.2) is 0 Å². The molecule has 0 saturated heterocycles. The Kier molecular flexibility index (Phi) is 4.86. The number of hydrogen-bond donors (Lipinski definition) is 1. The van der Waals surface area contributed by atoms with Gasteiger partial charge in [-0.2, -0.15) is 0 Å². The average molecular weight is 466 g/mol. The SMILES string of the molecule is O=S(=O)(c1ccc(Cl)cc1)N1NC(c2ccc(Br)cc2)=C[C@@H]1c1ccco1. The van der Waals surface area contributed by atoms with Crippen molar-refractivity contribution < 1.29 is 12.8 Å². The molecule has 138 valence electrons. The van der Waals surface area contributed by atoms with Gasteiger partial charge in [0.05, 0.1) is 16.9 Å². The van der Waals surface area contributed by atoms with Crippen LogP contribution in [0, 0.1) is 0 Å².